The first-order chi connectivity index (χ1) is 10.9. The molecule has 1 aliphatic carbocycles. The van der Waals surface area contributed by atoms with Crippen LogP contribution in [0.3, 0.4) is 0 Å². The molecule has 0 heterocycles. The van der Waals surface area contributed by atoms with Crippen molar-refractivity contribution in [1.29, 1.82) is 0 Å². The molecular formula is C19H38N2S. The monoisotopic (exact) mass is 326 g/mol. The van der Waals surface area contributed by atoms with Gasteiger partial charge in [-0.1, -0.05) is 71.6 Å². The fourth-order valence-electron chi connectivity index (χ4n) is 2.97. The predicted molar refractivity (Wildman–Crippen MR) is 103 cm³/mol. The van der Waals surface area contributed by atoms with Crippen molar-refractivity contribution in [1.82, 2.24) is 4.31 Å². The van der Waals surface area contributed by atoms with Crippen LogP contribution in [0.25, 0.3) is 0 Å². The van der Waals surface area contributed by atoms with Crippen LogP contribution in [0.15, 0.2) is 4.99 Å². The van der Waals surface area contributed by atoms with Gasteiger partial charge in [0.25, 0.3) is 0 Å². The summed E-state index contributed by atoms with van der Waals surface area (Å²) < 4.78 is 2.45. The van der Waals surface area contributed by atoms with Gasteiger partial charge in [0.1, 0.15) is 0 Å². The van der Waals surface area contributed by atoms with Crippen molar-refractivity contribution in [3.8, 4) is 0 Å². The van der Waals surface area contributed by atoms with Crippen LogP contribution in [0, 0.1) is 0 Å². The lowest BCUT2D eigenvalue weighted by atomic mass is 10.0. The molecule has 0 aromatic rings. The smallest absolute Gasteiger partial charge is 0.0949 e. The highest BCUT2D eigenvalue weighted by Crippen LogP contribution is 2.30. The molecule has 1 rings (SSSR count). The first-order valence-corrected chi connectivity index (χ1v) is 10.6. The van der Waals surface area contributed by atoms with Crippen molar-refractivity contribution >= 4 is 18.3 Å². The summed E-state index contributed by atoms with van der Waals surface area (Å²) in [5.41, 5.74) is 0. The first-order valence-electron chi connectivity index (χ1n) is 9.80. The lowest BCUT2D eigenvalue weighted by Crippen LogP contribution is -2.21. The maximum atomic E-state index is 4.69. The van der Waals surface area contributed by atoms with Crippen LogP contribution in [-0.2, 0) is 0 Å². The Hall–Kier alpha value is -0.180. The minimum Gasteiger partial charge on any atom is -0.307 e. The molecular weight excluding hydrogens is 288 g/mol. The van der Waals surface area contributed by atoms with Crippen molar-refractivity contribution in [3.63, 3.8) is 0 Å². The number of aliphatic imine (C=N–C) groups is 1. The Kier molecular flexibility index (Phi) is 13.0. The van der Waals surface area contributed by atoms with E-state index in [0.29, 0.717) is 0 Å². The Balaban J connectivity index is 2.27. The van der Waals surface area contributed by atoms with E-state index < -0.39 is 0 Å². The number of hydrogen-bond acceptors (Lipinski definition) is 2. The Bertz CT molecular complexity index is 262. The summed E-state index contributed by atoms with van der Waals surface area (Å²) in [7, 11) is 0. The Morgan fingerprint density at radius 2 is 1.59 bits per heavy atom. The van der Waals surface area contributed by atoms with Gasteiger partial charge in [0.15, 0.2) is 0 Å². The SMILES string of the molecule is CCCCCCN=CN(CCCCCC)SC1CCCCC1. The summed E-state index contributed by atoms with van der Waals surface area (Å²) in [4.78, 5) is 4.69. The molecule has 0 bridgehead atoms. The van der Waals surface area contributed by atoms with Crippen molar-refractivity contribution in [3.05, 3.63) is 0 Å². The third-order valence-corrected chi connectivity index (χ3v) is 5.74. The van der Waals surface area contributed by atoms with Crippen LogP contribution < -0.4 is 0 Å². The van der Waals surface area contributed by atoms with E-state index in [1.807, 2.05) is 0 Å². The molecule has 0 unspecified atom stereocenters. The maximum Gasteiger partial charge on any atom is 0.0949 e. The molecule has 0 amide bonds. The van der Waals surface area contributed by atoms with Crippen LogP contribution in [0.2, 0.25) is 0 Å². The van der Waals surface area contributed by atoms with E-state index >= 15 is 0 Å². The quantitative estimate of drug-likeness (QED) is 0.167. The van der Waals surface area contributed by atoms with E-state index in [4.69, 9.17) is 0 Å². The number of rotatable bonds is 13. The largest absolute Gasteiger partial charge is 0.307 e. The predicted octanol–water partition coefficient (Wildman–Crippen LogP) is 6.46. The second kappa shape index (κ2) is 14.4. The molecule has 0 aromatic heterocycles. The van der Waals surface area contributed by atoms with Gasteiger partial charge < -0.3 is 4.31 Å². The van der Waals surface area contributed by atoms with Gasteiger partial charge in [0.05, 0.1) is 6.34 Å². The van der Waals surface area contributed by atoms with E-state index in [9.17, 15) is 0 Å². The molecule has 0 radical (unpaired) electrons. The van der Waals surface area contributed by atoms with Gasteiger partial charge in [0, 0.05) is 18.3 Å². The highest BCUT2D eigenvalue weighted by Gasteiger charge is 2.16. The Labute approximate surface area is 143 Å². The Morgan fingerprint density at radius 1 is 0.909 bits per heavy atom. The fourth-order valence-corrected chi connectivity index (χ4v) is 4.26. The molecule has 0 N–H and O–H groups in total. The van der Waals surface area contributed by atoms with Gasteiger partial charge >= 0.3 is 0 Å². The van der Waals surface area contributed by atoms with Gasteiger partial charge in [-0.2, -0.15) is 0 Å². The zero-order valence-corrected chi connectivity index (χ0v) is 15.9. The molecule has 130 valence electrons. The van der Waals surface area contributed by atoms with Gasteiger partial charge in [-0.25, -0.2) is 0 Å². The molecule has 22 heavy (non-hydrogen) atoms. The second-order valence-corrected chi connectivity index (χ2v) is 8.00. The molecule has 0 aliphatic heterocycles. The minimum absolute atomic E-state index is 0.839. The van der Waals surface area contributed by atoms with Gasteiger partial charge in [0.2, 0.25) is 0 Å². The van der Waals surface area contributed by atoms with E-state index in [-0.39, 0.29) is 0 Å². The number of hydrogen-bond donors (Lipinski definition) is 0. The zero-order valence-electron chi connectivity index (χ0n) is 15.1. The fraction of sp³-hybridized carbons (Fsp3) is 0.947. The highest BCUT2D eigenvalue weighted by atomic mass is 32.2. The van der Waals surface area contributed by atoms with Crippen molar-refractivity contribution in [2.75, 3.05) is 13.1 Å². The summed E-state index contributed by atoms with van der Waals surface area (Å²) in [6.45, 7) is 6.74. The lowest BCUT2D eigenvalue weighted by molar-refractivity contribution is 0.505. The van der Waals surface area contributed by atoms with Crippen LogP contribution in [0.5, 0.6) is 0 Å². The van der Waals surface area contributed by atoms with E-state index in [0.717, 1.165) is 11.8 Å². The van der Waals surface area contributed by atoms with Crippen LogP contribution >= 0.6 is 11.9 Å². The molecule has 0 spiro atoms. The molecule has 0 aromatic carbocycles. The lowest BCUT2D eigenvalue weighted by Gasteiger charge is -2.27. The minimum atomic E-state index is 0.839. The number of unbranched alkanes of at least 4 members (excludes halogenated alkanes) is 6. The van der Waals surface area contributed by atoms with Crippen molar-refractivity contribution in [2.45, 2.75) is 103 Å². The van der Waals surface area contributed by atoms with Gasteiger partial charge in [-0.3, -0.25) is 4.99 Å². The average molecular weight is 327 g/mol. The summed E-state index contributed by atoms with van der Waals surface area (Å²) in [5.74, 6) is 0. The van der Waals surface area contributed by atoms with Crippen LogP contribution in [0.4, 0.5) is 0 Å². The first kappa shape index (κ1) is 19.9. The summed E-state index contributed by atoms with van der Waals surface area (Å²) in [5, 5.41) is 0.839. The summed E-state index contributed by atoms with van der Waals surface area (Å²) in [6.07, 6.45) is 19.9. The maximum absolute atomic E-state index is 4.69. The van der Waals surface area contributed by atoms with E-state index in [1.165, 1.54) is 90.0 Å². The third-order valence-electron chi connectivity index (χ3n) is 4.42. The highest BCUT2D eigenvalue weighted by molar-refractivity contribution is 7.98. The normalized spacial score (nSPS) is 16.5. The van der Waals surface area contributed by atoms with E-state index in [2.05, 4.69) is 41.4 Å². The molecule has 0 atom stereocenters. The van der Waals surface area contributed by atoms with Crippen LogP contribution in [-0.4, -0.2) is 29.0 Å². The second-order valence-electron chi connectivity index (χ2n) is 6.65. The van der Waals surface area contributed by atoms with E-state index in [1.54, 1.807) is 0 Å². The number of nitrogens with zero attached hydrogens (tertiary/aromatic N) is 2. The average Bonchev–Trinajstić information content (AvgIpc) is 2.55. The molecule has 1 aliphatic rings. The van der Waals surface area contributed by atoms with Crippen molar-refractivity contribution < 1.29 is 0 Å². The zero-order chi connectivity index (χ0) is 15.9. The van der Waals surface area contributed by atoms with Gasteiger partial charge in [-0.15, -0.1) is 0 Å². The Morgan fingerprint density at radius 3 is 2.27 bits per heavy atom. The molecule has 1 saturated carbocycles. The summed E-state index contributed by atoms with van der Waals surface area (Å²) in [6, 6.07) is 0. The van der Waals surface area contributed by atoms with Crippen molar-refractivity contribution in [2.24, 2.45) is 4.99 Å². The van der Waals surface area contributed by atoms with Gasteiger partial charge in [-0.05, 0) is 37.6 Å². The molecule has 0 saturated heterocycles. The van der Waals surface area contributed by atoms with Crippen LogP contribution in [0.1, 0.15) is 97.3 Å². The standard InChI is InChI=1S/C19H38N2S/c1-3-5-7-12-16-20-18-21(17-13-8-6-4-2)22-19-14-10-9-11-15-19/h18-19H,3-17H2,1-2H3. The topological polar surface area (TPSA) is 15.6 Å². The summed E-state index contributed by atoms with van der Waals surface area (Å²) >= 11 is 2.08. The molecule has 3 heteroatoms. The molecule has 2 nitrogen and oxygen atoms in total. The molecule has 1 fully saturated rings. The third kappa shape index (κ3) is 10.5.